The second-order valence-corrected chi connectivity index (χ2v) is 2.87. The highest BCUT2D eigenvalue weighted by Crippen LogP contribution is 1.80. The fourth-order valence-corrected chi connectivity index (χ4v) is 0.698. The van der Waals surface area contributed by atoms with E-state index in [-0.39, 0.29) is 19.2 Å². The van der Waals surface area contributed by atoms with Gasteiger partial charge in [-0.05, 0) is 13.3 Å². The van der Waals surface area contributed by atoms with Crippen LogP contribution < -0.4 is 0 Å². The van der Waals surface area contributed by atoms with E-state index in [2.05, 4.69) is 11.7 Å². The van der Waals surface area contributed by atoms with Crippen LogP contribution >= 0.6 is 0 Å². The molecule has 5 nitrogen and oxygen atoms in total. The van der Waals surface area contributed by atoms with Crippen LogP contribution in [0.2, 0.25) is 0 Å². The predicted octanol–water partition coefficient (Wildman–Crippen LogP) is 0.991. The van der Waals surface area contributed by atoms with Crippen LogP contribution in [0.15, 0.2) is 0 Å². The van der Waals surface area contributed by atoms with Gasteiger partial charge in [0.25, 0.3) is 0 Å². The summed E-state index contributed by atoms with van der Waals surface area (Å²) in [5.74, 6) is -0.353. The van der Waals surface area contributed by atoms with E-state index in [0.717, 1.165) is 32.8 Å². The van der Waals surface area contributed by atoms with E-state index >= 15 is 0 Å². The Labute approximate surface area is 97.7 Å². The lowest BCUT2D eigenvalue weighted by Gasteiger charge is -2.00. The van der Waals surface area contributed by atoms with Gasteiger partial charge < -0.3 is 19.3 Å². The molecule has 0 unspecified atom stereocenters. The van der Waals surface area contributed by atoms with Gasteiger partial charge in [0.05, 0.1) is 19.8 Å². The van der Waals surface area contributed by atoms with Gasteiger partial charge in [0.15, 0.2) is 0 Å². The number of hydrogen-bond acceptors (Lipinski definition) is 5. The molecule has 0 saturated carbocycles. The highest BCUT2D eigenvalue weighted by Gasteiger charge is 1.86. The molecule has 0 aromatic carbocycles. The first kappa shape index (κ1) is 17.7. The van der Waals surface area contributed by atoms with Gasteiger partial charge in [-0.2, -0.15) is 0 Å². The summed E-state index contributed by atoms with van der Waals surface area (Å²) in [5.41, 5.74) is 0. The molecule has 1 N–H and O–H groups in total. The second kappa shape index (κ2) is 16.8. The van der Waals surface area contributed by atoms with Crippen molar-refractivity contribution in [2.24, 2.45) is 0 Å². The van der Waals surface area contributed by atoms with Gasteiger partial charge in [-0.25, -0.2) is 0 Å². The van der Waals surface area contributed by atoms with Crippen molar-refractivity contribution in [3.63, 3.8) is 0 Å². The zero-order valence-electron chi connectivity index (χ0n) is 10.5. The molecule has 0 atom stereocenters. The Bertz CT molecular complexity index is 132. The molecule has 0 aliphatic rings. The van der Waals surface area contributed by atoms with Crippen molar-refractivity contribution >= 4 is 5.97 Å². The van der Waals surface area contributed by atoms with E-state index in [9.17, 15) is 4.79 Å². The molecule has 0 aromatic heterocycles. The summed E-state index contributed by atoms with van der Waals surface area (Å²) >= 11 is 0. The number of esters is 1. The van der Waals surface area contributed by atoms with Gasteiger partial charge in [-0.1, -0.05) is 6.92 Å². The van der Waals surface area contributed by atoms with Crippen LogP contribution in [0.4, 0.5) is 0 Å². The Kier molecular flexibility index (Phi) is 18.6. The monoisotopic (exact) mass is 236 g/mol. The van der Waals surface area contributed by atoms with Crippen molar-refractivity contribution in [1.29, 1.82) is 0 Å². The summed E-state index contributed by atoms with van der Waals surface area (Å²) in [4.78, 5) is 9.87. The minimum absolute atomic E-state index is 0.0976. The number of rotatable bonds is 8. The fourth-order valence-electron chi connectivity index (χ4n) is 0.698. The normalized spacial score (nSPS) is 9.25. The van der Waals surface area contributed by atoms with Crippen LogP contribution in [0.5, 0.6) is 0 Å². The molecule has 0 aromatic rings. The molecule has 16 heavy (non-hydrogen) atoms. The Morgan fingerprint density at radius 3 is 2.06 bits per heavy atom. The van der Waals surface area contributed by atoms with E-state index in [1.165, 1.54) is 6.92 Å². The molecular formula is C11H24O5. The molecule has 0 amide bonds. The minimum atomic E-state index is -0.353. The third kappa shape index (κ3) is 23.3. The molecule has 0 aliphatic carbocycles. The molecule has 0 heterocycles. The average molecular weight is 236 g/mol. The number of ether oxygens (including phenoxy) is 3. The molecule has 0 rings (SSSR count). The zero-order valence-corrected chi connectivity index (χ0v) is 10.5. The van der Waals surface area contributed by atoms with Crippen LogP contribution in [0.1, 0.15) is 27.2 Å². The molecule has 0 bridgehead atoms. The van der Waals surface area contributed by atoms with Gasteiger partial charge in [0, 0.05) is 20.1 Å². The Morgan fingerprint density at radius 1 is 1.06 bits per heavy atom. The average Bonchev–Trinajstić information content (AvgIpc) is 2.27. The fraction of sp³-hybridized carbons (Fsp3) is 0.909. The number of carbonyl (C=O) groups excluding carboxylic acids is 1. The van der Waals surface area contributed by atoms with Gasteiger partial charge in [-0.3, -0.25) is 4.79 Å². The number of hydrogen-bond donors (Lipinski definition) is 1. The van der Waals surface area contributed by atoms with Crippen molar-refractivity contribution < 1.29 is 24.1 Å². The molecule has 5 heteroatoms. The van der Waals surface area contributed by atoms with E-state index < -0.39 is 0 Å². The quantitative estimate of drug-likeness (QED) is 0.503. The topological polar surface area (TPSA) is 65.0 Å². The standard InChI is InChI=1S/C7H16O2.C4H8O3/c1-3-5-9-7-6-8-4-2;1-4(6)7-3-2-5/h3-7H2,1-2H3;5H,2-3H2,1H3. The van der Waals surface area contributed by atoms with Crippen LogP contribution in [0, 0.1) is 0 Å². The summed E-state index contributed by atoms with van der Waals surface area (Å²) in [6.07, 6.45) is 1.09. The smallest absolute Gasteiger partial charge is 0.302 e. The summed E-state index contributed by atoms with van der Waals surface area (Å²) in [6, 6.07) is 0. The Morgan fingerprint density at radius 2 is 1.69 bits per heavy atom. The summed E-state index contributed by atoms with van der Waals surface area (Å²) in [6.45, 7) is 8.51. The maximum atomic E-state index is 9.87. The molecule has 98 valence electrons. The van der Waals surface area contributed by atoms with E-state index in [0.29, 0.717) is 0 Å². The molecule has 0 aliphatic heterocycles. The van der Waals surface area contributed by atoms with Gasteiger partial charge in [0.2, 0.25) is 0 Å². The zero-order chi connectivity index (χ0) is 12.6. The van der Waals surface area contributed by atoms with Crippen molar-refractivity contribution in [3.05, 3.63) is 0 Å². The van der Waals surface area contributed by atoms with Crippen LogP contribution in [0.25, 0.3) is 0 Å². The van der Waals surface area contributed by atoms with Crippen molar-refractivity contribution in [3.8, 4) is 0 Å². The predicted molar refractivity (Wildman–Crippen MR) is 61.3 cm³/mol. The largest absolute Gasteiger partial charge is 0.463 e. The van der Waals surface area contributed by atoms with Gasteiger partial charge in [-0.15, -0.1) is 0 Å². The van der Waals surface area contributed by atoms with Crippen molar-refractivity contribution in [2.75, 3.05) is 39.6 Å². The lowest BCUT2D eigenvalue weighted by molar-refractivity contribution is -0.141. The Hall–Kier alpha value is -0.650. The highest BCUT2D eigenvalue weighted by molar-refractivity contribution is 5.65. The van der Waals surface area contributed by atoms with Crippen LogP contribution in [-0.2, 0) is 19.0 Å². The lowest BCUT2D eigenvalue weighted by atomic mass is 10.5. The first-order valence-corrected chi connectivity index (χ1v) is 5.58. The number of carbonyl (C=O) groups is 1. The van der Waals surface area contributed by atoms with E-state index in [4.69, 9.17) is 14.6 Å². The third-order valence-electron chi connectivity index (χ3n) is 1.32. The van der Waals surface area contributed by atoms with E-state index in [1.807, 2.05) is 6.92 Å². The van der Waals surface area contributed by atoms with Crippen LogP contribution in [0.3, 0.4) is 0 Å². The summed E-state index contributed by atoms with van der Waals surface area (Å²) in [7, 11) is 0. The molecule has 0 spiro atoms. The first-order chi connectivity index (χ1) is 7.68. The molecule has 0 radical (unpaired) electrons. The summed E-state index contributed by atoms with van der Waals surface area (Å²) < 4.78 is 14.5. The molecule has 0 saturated heterocycles. The molecule has 0 fully saturated rings. The van der Waals surface area contributed by atoms with Crippen molar-refractivity contribution in [1.82, 2.24) is 0 Å². The highest BCUT2D eigenvalue weighted by atomic mass is 16.5. The second-order valence-electron chi connectivity index (χ2n) is 2.87. The van der Waals surface area contributed by atoms with Gasteiger partial charge >= 0.3 is 5.97 Å². The SMILES string of the molecule is CC(=O)OCCO.CCCOCCOCC. The van der Waals surface area contributed by atoms with Crippen molar-refractivity contribution in [2.45, 2.75) is 27.2 Å². The summed E-state index contributed by atoms with van der Waals surface area (Å²) in [5, 5.41) is 8.04. The van der Waals surface area contributed by atoms with Gasteiger partial charge in [0.1, 0.15) is 6.61 Å². The maximum absolute atomic E-state index is 9.87. The minimum Gasteiger partial charge on any atom is -0.463 e. The number of aliphatic hydroxyl groups excluding tert-OH is 1. The third-order valence-corrected chi connectivity index (χ3v) is 1.32. The maximum Gasteiger partial charge on any atom is 0.302 e. The lowest BCUT2D eigenvalue weighted by Crippen LogP contribution is -2.03. The first-order valence-electron chi connectivity index (χ1n) is 5.58. The number of aliphatic hydroxyl groups is 1. The Balaban J connectivity index is 0. The van der Waals surface area contributed by atoms with E-state index in [1.54, 1.807) is 0 Å². The van der Waals surface area contributed by atoms with Crippen LogP contribution in [-0.4, -0.2) is 50.7 Å². The molecular weight excluding hydrogens is 212 g/mol.